The van der Waals surface area contributed by atoms with Gasteiger partial charge in [-0.25, -0.2) is 9.50 Å². The van der Waals surface area contributed by atoms with Crippen molar-refractivity contribution in [1.82, 2.24) is 14.6 Å². The standard InChI is InChI=1S/C7H4N4O2S.Na/c8-1-5-2-10-11-4-6(14(12)13)3-9-7(5)11;/h2-4H,(H,12,13);/q;+1/p-1. The summed E-state index contributed by atoms with van der Waals surface area (Å²) in [5.74, 6) is 0. The molecule has 2 heterocycles. The van der Waals surface area contributed by atoms with Gasteiger partial charge in [0.25, 0.3) is 0 Å². The Hall–Kier alpha value is -0.780. The van der Waals surface area contributed by atoms with Crippen LogP contribution in [0.4, 0.5) is 0 Å². The largest absolute Gasteiger partial charge is 1.00 e. The summed E-state index contributed by atoms with van der Waals surface area (Å²) >= 11 is -2.33. The Kier molecular flexibility index (Phi) is 3.96. The third kappa shape index (κ3) is 2.25. The van der Waals surface area contributed by atoms with Crippen LogP contribution in [0.5, 0.6) is 0 Å². The molecule has 2 aromatic rings. The Balaban J connectivity index is 0.00000112. The molecule has 0 aliphatic rings. The Morgan fingerprint density at radius 1 is 1.53 bits per heavy atom. The molecule has 8 heteroatoms. The van der Waals surface area contributed by atoms with Crippen LogP contribution < -0.4 is 29.6 Å². The SMILES string of the molecule is N#Cc1cnn2cc(S(=O)[O-])cnc12.[Na+]. The van der Waals surface area contributed by atoms with Gasteiger partial charge in [-0.1, -0.05) is 0 Å². The summed E-state index contributed by atoms with van der Waals surface area (Å²) in [5, 5.41) is 12.4. The van der Waals surface area contributed by atoms with Crippen LogP contribution in [0.15, 0.2) is 23.5 Å². The third-order valence-corrected chi connectivity index (χ3v) is 2.24. The van der Waals surface area contributed by atoms with E-state index in [2.05, 4.69) is 10.1 Å². The van der Waals surface area contributed by atoms with Crippen LogP contribution >= 0.6 is 0 Å². The molecule has 0 aliphatic carbocycles. The maximum atomic E-state index is 10.6. The van der Waals surface area contributed by atoms with Crippen LogP contribution in [0.2, 0.25) is 0 Å². The van der Waals surface area contributed by atoms with Crippen molar-refractivity contribution in [3.05, 3.63) is 24.2 Å². The van der Waals surface area contributed by atoms with Gasteiger partial charge in [-0.3, -0.25) is 4.21 Å². The number of nitrogens with zero attached hydrogens (tertiary/aromatic N) is 4. The number of aromatic nitrogens is 3. The summed E-state index contributed by atoms with van der Waals surface area (Å²) in [6.07, 6.45) is 3.81. The number of fused-ring (bicyclic) bond motifs is 1. The fourth-order valence-corrected chi connectivity index (χ4v) is 1.35. The molecule has 1 unspecified atom stereocenters. The van der Waals surface area contributed by atoms with Crippen molar-refractivity contribution in [3.8, 4) is 6.07 Å². The smallest absolute Gasteiger partial charge is 0.768 e. The topological polar surface area (TPSA) is 94.1 Å². The van der Waals surface area contributed by atoms with Crippen molar-refractivity contribution in [1.29, 1.82) is 5.26 Å². The summed E-state index contributed by atoms with van der Waals surface area (Å²) in [5.41, 5.74) is 0.662. The molecular formula is C7H3N4NaO2S. The fraction of sp³-hybridized carbons (Fsp3) is 0. The predicted molar refractivity (Wildman–Crippen MR) is 44.9 cm³/mol. The summed E-state index contributed by atoms with van der Waals surface area (Å²) < 4.78 is 22.4. The first-order valence-electron chi connectivity index (χ1n) is 3.55. The van der Waals surface area contributed by atoms with Crippen LogP contribution in [0.1, 0.15) is 5.56 Å². The average molecular weight is 230 g/mol. The van der Waals surface area contributed by atoms with E-state index >= 15 is 0 Å². The van der Waals surface area contributed by atoms with Gasteiger partial charge in [0.2, 0.25) is 0 Å². The molecule has 0 saturated heterocycles. The molecule has 0 spiro atoms. The molecule has 15 heavy (non-hydrogen) atoms. The van der Waals surface area contributed by atoms with Crippen LogP contribution in [0.25, 0.3) is 5.65 Å². The van der Waals surface area contributed by atoms with Crippen molar-refractivity contribution in [2.45, 2.75) is 4.90 Å². The van der Waals surface area contributed by atoms with Gasteiger partial charge < -0.3 is 4.55 Å². The minimum absolute atomic E-state index is 0. The zero-order valence-electron chi connectivity index (χ0n) is 7.75. The van der Waals surface area contributed by atoms with Crippen molar-refractivity contribution in [2.75, 3.05) is 0 Å². The van der Waals surface area contributed by atoms with Crippen LogP contribution in [-0.4, -0.2) is 23.4 Å². The molecule has 0 fully saturated rings. The fourth-order valence-electron chi connectivity index (χ4n) is 1.02. The molecule has 0 aromatic carbocycles. The quantitative estimate of drug-likeness (QED) is 0.381. The Morgan fingerprint density at radius 3 is 2.87 bits per heavy atom. The first kappa shape index (κ1) is 12.3. The molecule has 2 aromatic heterocycles. The van der Waals surface area contributed by atoms with E-state index in [1.807, 2.05) is 6.07 Å². The van der Waals surface area contributed by atoms with Gasteiger partial charge in [0.1, 0.15) is 11.6 Å². The molecular weight excluding hydrogens is 227 g/mol. The van der Waals surface area contributed by atoms with E-state index in [4.69, 9.17) is 5.26 Å². The van der Waals surface area contributed by atoms with Crippen LogP contribution in [0, 0.1) is 11.3 Å². The Morgan fingerprint density at radius 2 is 2.27 bits per heavy atom. The van der Waals surface area contributed by atoms with Crippen LogP contribution in [0.3, 0.4) is 0 Å². The van der Waals surface area contributed by atoms with Crippen LogP contribution in [-0.2, 0) is 11.1 Å². The van der Waals surface area contributed by atoms with Gasteiger partial charge in [-0.2, -0.15) is 10.4 Å². The predicted octanol–water partition coefficient (Wildman–Crippen LogP) is -3.16. The monoisotopic (exact) mass is 230 g/mol. The molecule has 6 nitrogen and oxygen atoms in total. The molecule has 0 N–H and O–H groups in total. The number of hydrogen-bond donors (Lipinski definition) is 0. The first-order valence-corrected chi connectivity index (χ1v) is 4.62. The van der Waals surface area contributed by atoms with E-state index in [1.54, 1.807) is 0 Å². The number of rotatable bonds is 1. The van der Waals surface area contributed by atoms with E-state index in [1.165, 1.54) is 23.1 Å². The number of nitriles is 1. The maximum absolute atomic E-state index is 10.6. The van der Waals surface area contributed by atoms with E-state index in [0.29, 0.717) is 11.2 Å². The van der Waals surface area contributed by atoms with Crippen molar-refractivity contribution in [2.24, 2.45) is 0 Å². The molecule has 70 valence electrons. The molecule has 0 aliphatic heterocycles. The zero-order valence-corrected chi connectivity index (χ0v) is 10.6. The summed E-state index contributed by atoms with van der Waals surface area (Å²) in [6.45, 7) is 0. The van der Waals surface area contributed by atoms with Crippen molar-refractivity contribution >= 4 is 16.7 Å². The van der Waals surface area contributed by atoms with Gasteiger partial charge in [-0.15, -0.1) is 0 Å². The zero-order chi connectivity index (χ0) is 10.1. The number of hydrogen-bond acceptors (Lipinski definition) is 5. The summed E-state index contributed by atoms with van der Waals surface area (Å²) in [4.78, 5) is 3.85. The Labute approximate surface area is 110 Å². The second-order valence-corrected chi connectivity index (χ2v) is 3.40. The minimum Gasteiger partial charge on any atom is -0.768 e. The second-order valence-electron chi connectivity index (χ2n) is 2.46. The van der Waals surface area contributed by atoms with Crippen molar-refractivity contribution < 1.29 is 38.3 Å². The third-order valence-electron chi connectivity index (χ3n) is 1.65. The summed E-state index contributed by atoms with van der Waals surface area (Å²) in [6, 6.07) is 1.90. The molecule has 0 saturated carbocycles. The molecule has 1 atom stereocenters. The van der Waals surface area contributed by atoms with Gasteiger partial charge >= 0.3 is 29.6 Å². The van der Waals surface area contributed by atoms with Gasteiger partial charge in [0.05, 0.1) is 11.1 Å². The molecule has 0 amide bonds. The van der Waals surface area contributed by atoms with Gasteiger partial charge in [0, 0.05) is 12.4 Å². The van der Waals surface area contributed by atoms with E-state index in [9.17, 15) is 8.76 Å². The van der Waals surface area contributed by atoms with E-state index in [0.717, 1.165) is 0 Å². The maximum Gasteiger partial charge on any atom is 1.00 e. The molecule has 2 rings (SSSR count). The summed E-state index contributed by atoms with van der Waals surface area (Å²) in [7, 11) is 0. The van der Waals surface area contributed by atoms with E-state index in [-0.39, 0.29) is 34.5 Å². The molecule has 0 bridgehead atoms. The Bertz CT molecular complexity index is 562. The normalized spacial score (nSPS) is 11.7. The van der Waals surface area contributed by atoms with Gasteiger partial charge in [0.15, 0.2) is 5.65 Å². The minimum atomic E-state index is -2.33. The second kappa shape index (κ2) is 4.83. The van der Waals surface area contributed by atoms with Crippen molar-refractivity contribution in [3.63, 3.8) is 0 Å². The van der Waals surface area contributed by atoms with E-state index < -0.39 is 11.1 Å². The first-order chi connectivity index (χ1) is 6.72. The molecule has 0 radical (unpaired) electrons. The van der Waals surface area contributed by atoms with Gasteiger partial charge in [-0.05, 0) is 11.1 Å². The average Bonchev–Trinajstić information content (AvgIpc) is 2.59.